The second-order valence-electron chi connectivity index (χ2n) is 7.15. The molecule has 6 nitrogen and oxygen atoms in total. The summed E-state index contributed by atoms with van der Waals surface area (Å²) in [5.41, 5.74) is 5.11. The van der Waals surface area contributed by atoms with Gasteiger partial charge in [0.15, 0.2) is 0 Å². The highest BCUT2D eigenvalue weighted by Crippen LogP contribution is 2.27. The van der Waals surface area contributed by atoms with Gasteiger partial charge in [0.2, 0.25) is 0 Å². The maximum atomic E-state index is 13.2. The van der Waals surface area contributed by atoms with Crippen molar-refractivity contribution in [3.8, 4) is 11.3 Å². The number of rotatable bonds is 4. The number of nitrogens with zero attached hydrogens (tertiary/aromatic N) is 2. The molecule has 0 bridgehead atoms. The zero-order chi connectivity index (χ0) is 21.3. The van der Waals surface area contributed by atoms with E-state index in [1.54, 1.807) is 19.1 Å². The minimum atomic E-state index is -0.455. The lowest BCUT2D eigenvalue weighted by Crippen LogP contribution is -2.14. The zero-order valence-electron chi connectivity index (χ0n) is 16.5. The van der Waals surface area contributed by atoms with Gasteiger partial charge in [-0.25, -0.2) is 4.98 Å². The first kappa shape index (κ1) is 19.3. The van der Waals surface area contributed by atoms with E-state index in [1.165, 1.54) is 12.1 Å². The van der Waals surface area contributed by atoms with Crippen molar-refractivity contribution in [2.75, 3.05) is 5.32 Å². The Labute approximate surface area is 173 Å². The number of pyridine rings is 1. The Bertz CT molecular complexity index is 1300. The third kappa shape index (κ3) is 3.75. The number of nitrogens with one attached hydrogen (secondary N) is 1. The van der Waals surface area contributed by atoms with E-state index in [4.69, 9.17) is 4.98 Å². The number of anilines is 1. The summed E-state index contributed by atoms with van der Waals surface area (Å²) >= 11 is 0. The number of nitro groups is 1. The van der Waals surface area contributed by atoms with E-state index in [0.29, 0.717) is 22.5 Å². The van der Waals surface area contributed by atoms with E-state index in [2.05, 4.69) is 5.32 Å². The summed E-state index contributed by atoms with van der Waals surface area (Å²) < 4.78 is 0. The van der Waals surface area contributed by atoms with Crippen molar-refractivity contribution in [2.24, 2.45) is 0 Å². The molecule has 0 fully saturated rings. The van der Waals surface area contributed by atoms with E-state index in [9.17, 15) is 14.9 Å². The number of para-hydroxylation sites is 1. The van der Waals surface area contributed by atoms with Crippen molar-refractivity contribution in [2.45, 2.75) is 13.8 Å². The van der Waals surface area contributed by atoms with Crippen LogP contribution in [0.1, 0.15) is 21.5 Å². The maximum Gasteiger partial charge on any atom is 0.269 e. The molecule has 30 heavy (non-hydrogen) atoms. The van der Waals surface area contributed by atoms with Crippen molar-refractivity contribution in [3.63, 3.8) is 0 Å². The van der Waals surface area contributed by atoms with E-state index in [1.807, 2.05) is 55.5 Å². The average Bonchev–Trinajstić information content (AvgIpc) is 2.74. The molecule has 4 aromatic rings. The van der Waals surface area contributed by atoms with Crippen LogP contribution in [0, 0.1) is 24.0 Å². The molecule has 0 spiro atoms. The fourth-order valence-corrected chi connectivity index (χ4v) is 3.41. The minimum absolute atomic E-state index is 0.0124. The second kappa shape index (κ2) is 7.75. The molecule has 0 saturated heterocycles. The van der Waals surface area contributed by atoms with Gasteiger partial charge in [-0.3, -0.25) is 14.9 Å². The molecule has 0 atom stereocenters. The fraction of sp³-hybridized carbons (Fsp3) is 0.0833. The normalized spacial score (nSPS) is 10.7. The van der Waals surface area contributed by atoms with Gasteiger partial charge in [-0.15, -0.1) is 0 Å². The zero-order valence-corrected chi connectivity index (χ0v) is 16.5. The number of carbonyl (C=O) groups is 1. The molecular formula is C24H19N3O3. The van der Waals surface area contributed by atoms with Crippen molar-refractivity contribution in [1.82, 2.24) is 4.98 Å². The SMILES string of the molecule is Cc1cccc(-c2cc(C(=O)Nc3ccc([N+](=O)[O-])cc3C)c3ccccc3n2)c1. The number of amides is 1. The highest BCUT2D eigenvalue weighted by molar-refractivity contribution is 6.13. The van der Waals surface area contributed by atoms with Gasteiger partial charge in [-0.2, -0.15) is 0 Å². The Morgan fingerprint density at radius 1 is 0.967 bits per heavy atom. The number of aryl methyl sites for hydroxylation is 2. The Morgan fingerprint density at radius 2 is 1.77 bits per heavy atom. The standard InChI is InChI=1S/C24H19N3O3/c1-15-6-5-7-17(12-15)23-14-20(19-8-3-4-9-22(19)25-23)24(28)26-21-11-10-18(27(29)30)13-16(21)2/h3-14H,1-2H3,(H,26,28). The Kier molecular flexibility index (Phi) is 4.98. The molecule has 1 amide bonds. The molecule has 1 heterocycles. The van der Waals surface area contributed by atoms with Gasteiger partial charge in [0.05, 0.1) is 21.7 Å². The van der Waals surface area contributed by atoms with Crippen LogP contribution in [0.4, 0.5) is 11.4 Å². The van der Waals surface area contributed by atoms with E-state index in [-0.39, 0.29) is 11.6 Å². The quantitative estimate of drug-likeness (QED) is 0.355. The van der Waals surface area contributed by atoms with E-state index >= 15 is 0 Å². The van der Waals surface area contributed by atoms with Crippen LogP contribution in [-0.4, -0.2) is 15.8 Å². The highest BCUT2D eigenvalue weighted by atomic mass is 16.6. The van der Waals surface area contributed by atoms with Crippen LogP contribution in [0.3, 0.4) is 0 Å². The third-order valence-corrected chi connectivity index (χ3v) is 4.94. The van der Waals surface area contributed by atoms with Gasteiger partial charge >= 0.3 is 0 Å². The number of nitro benzene ring substituents is 1. The lowest BCUT2D eigenvalue weighted by atomic mass is 10.0. The summed E-state index contributed by atoms with van der Waals surface area (Å²) in [7, 11) is 0. The molecule has 0 aliphatic carbocycles. The van der Waals surface area contributed by atoms with Crippen LogP contribution in [0.25, 0.3) is 22.2 Å². The Hall–Kier alpha value is -4.06. The number of fused-ring (bicyclic) bond motifs is 1. The second-order valence-corrected chi connectivity index (χ2v) is 7.15. The summed E-state index contributed by atoms with van der Waals surface area (Å²) in [5.74, 6) is -0.292. The van der Waals surface area contributed by atoms with E-state index in [0.717, 1.165) is 22.0 Å². The van der Waals surface area contributed by atoms with Crippen LogP contribution in [-0.2, 0) is 0 Å². The maximum absolute atomic E-state index is 13.2. The van der Waals surface area contributed by atoms with Gasteiger partial charge in [-0.05, 0) is 43.7 Å². The lowest BCUT2D eigenvalue weighted by molar-refractivity contribution is -0.384. The highest BCUT2D eigenvalue weighted by Gasteiger charge is 2.16. The molecule has 0 aliphatic heterocycles. The van der Waals surface area contributed by atoms with Gasteiger partial charge in [-0.1, -0.05) is 42.0 Å². The van der Waals surface area contributed by atoms with Crippen LogP contribution in [0.5, 0.6) is 0 Å². The molecule has 1 N–H and O–H groups in total. The number of hydrogen-bond donors (Lipinski definition) is 1. The molecule has 1 aromatic heterocycles. The molecule has 3 aromatic carbocycles. The largest absolute Gasteiger partial charge is 0.322 e. The first-order valence-corrected chi connectivity index (χ1v) is 9.45. The van der Waals surface area contributed by atoms with Crippen molar-refractivity contribution < 1.29 is 9.72 Å². The molecule has 0 saturated carbocycles. The van der Waals surface area contributed by atoms with E-state index < -0.39 is 4.92 Å². The first-order chi connectivity index (χ1) is 14.4. The predicted molar refractivity (Wildman–Crippen MR) is 118 cm³/mol. The number of aromatic nitrogens is 1. The third-order valence-electron chi connectivity index (χ3n) is 4.94. The number of benzene rings is 3. The molecule has 6 heteroatoms. The molecule has 0 unspecified atom stereocenters. The fourth-order valence-electron chi connectivity index (χ4n) is 3.41. The van der Waals surface area contributed by atoms with Crippen LogP contribution in [0.2, 0.25) is 0 Å². The van der Waals surface area contributed by atoms with Crippen LogP contribution >= 0.6 is 0 Å². The Balaban J connectivity index is 1.77. The summed E-state index contributed by atoms with van der Waals surface area (Å²) in [6.45, 7) is 3.74. The molecule has 0 radical (unpaired) electrons. The summed E-state index contributed by atoms with van der Waals surface area (Å²) in [5, 5.41) is 14.6. The van der Waals surface area contributed by atoms with Gasteiger partial charge < -0.3 is 5.32 Å². The lowest BCUT2D eigenvalue weighted by Gasteiger charge is -2.12. The first-order valence-electron chi connectivity index (χ1n) is 9.45. The van der Waals surface area contributed by atoms with Gasteiger partial charge in [0, 0.05) is 28.8 Å². The summed E-state index contributed by atoms with van der Waals surface area (Å²) in [4.78, 5) is 28.4. The minimum Gasteiger partial charge on any atom is -0.322 e. The Morgan fingerprint density at radius 3 is 2.50 bits per heavy atom. The van der Waals surface area contributed by atoms with Crippen molar-refractivity contribution in [3.05, 3.63) is 99.6 Å². The smallest absolute Gasteiger partial charge is 0.269 e. The number of carbonyl (C=O) groups excluding carboxylic acids is 1. The summed E-state index contributed by atoms with van der Waals surface area (Å²) in [6.07, 6.45) is 0. The molecular weight excluding hydrogens is 378 g/mol. The van der Waals surface area contributed by atoms with Gasteiger partial charge in [0.1, 0.15) is 0 Å². The molecule has 4 rings (SSSR count). The van der Waals surface area contributed by atoms with Crippen molar-refractivity contribution >= 4 is 28.2 Å². The number of non-ortho nitro benzene ring substituents is 1. The molecule has 0 aliphatic rings. The molecule has 148 valence electrons. The summed E-state index contributed by atoms with van der Waals surface area (Å²) in [6, 6.07) is 21.6. The van der Waals surface area contributed by atoms with Crippen molar-refractivity contribution in [1.29, 1.82) is 0 Å². The average molecular weight is 397 g/mol. The predicted octanol–water partition coefficient (Wildman–Crippen LogP) is 5.68. The van der Waals surface area contributed by atoms with Gasteiger partial charge in [0.25, 0.3) is 11.6 Å². The number of hydrogen-bond acceptors (Lipinski definition) is 4. The monoisotopic (exact) mass is 397 g/mol. The van der Waals surface area contributed by atoms with Crippen LogP contribution in [0.15, 0.2) is 72.8 Å². The van der Waals surface area contributed by atoms with Crippen LogP contribution < -0.4 is 5.32 Å². The topological polar surface area (TPSA) is 85.1 Å².